The van der Waals surface area contributed by atoms with E-state index in [2.05, 4.69) is 34.4 Å². The molecule has 0 aromatic rings. The van der Waals surface area contributed by atoms with Gasteiger partial charge in [0.05, 0.1) is 0 Å². The second-order valence-electron chi connectivity index (χ2n) is 5.46. The van der Waals surface area contributed by atoms with Gasteiger partial charge in [0.15, 0.2) is 5.96 Å². The van der Waals surface area contributed by atoms with Crippen molar-refractivity contribution in [3.05, 3.63) is 0 Å². The van der Waals surface area contributed by atoms with E-state index in [0.29, 0.717) is 12.0 Å². The highest BCUT2D eigenvalue weighted by Crippen LogP contribution is 2.28. The van der Waals surface area contributed by atoms with Gasteiger partial charge in [-0.3, -0.25) is 4.79 Å². The molecule has 0 saturated carbocycles. The first-order chi connectivity index (χ1) is 8.48. The van der Waals surface area contributed by atoms with Gasteiger partial charge >= 0.3 is 0 Å². The summed E-state index contributed by atoms with van der Waals surface area (Å²) in [6.07, 6.45) is 1.17. The number of carbonyl (C=O) groups excluding carboxylic acids is 1. The number of halogens is 1. The average molecular weight is 382 g/mol. The van der Waals surface area contributed by atoms with Crippen LogP contribution in [0.3, 0.4) is 0 Å². The summed E-state index contributed by atoms with van der Waals surface area (Å²) in [7, 11) is 0. The van der Waals surface area contributed by atoms with Crippen molar-refractivity contribution in [1.29, 1.82) is 0 Å². The summed E-state index contributed by atoms with van der Waals surface area (Å²) in [5, 5.41) is 6.01. The summed E-state index contributed by atoms with van der Waals surface area (Å²) in [6.45, 7) is 12.2. The van der Waals surface area contributed by atoms with Crippen LogP contribution in [-0.4, -0.2) is 49.5 Å². The van der Waals surface area contributed by atoms with Crippen LogP contribution in [0.2, 0.25) is 0 Å². The number of amides is 1. The molecule has 1 aliphatic heterocycles. The quantitative estimate of drug-likeness (QED) is 0.440. The van der Waals surface area contributed by atoms with E-state index in [-0.39, 0.29) is 36.4 Å². The fraction of sp³-hybridized carbons (Fsp3) is 0.846. The molecule has 1 amide bonds. The van der Waals surface area contributed by atoms with Crippen molar-refractivity contribution in [2.45, 2.75) is 34.1 Å². The Kier molecular flexibility index (Phi) is 8.36. The van der Waals surface area contributed by atoms with Gasteiger partial charge in [-0.15, -0.1) is 24.0 Å². The number of nitrogens with one attached hydrogen (secondary N) is 2. The number of nitrogens with zero attached hydrogens (tertiary/aromatic N) is 2. The molecular formula is C13H27IN4O. The van der Waals surface area contributed by atoms with E-state index in [1.807, 2.05) is 13.8 Å². The second kappa shape index (κ2) is 8.60. The zero-order valence-electron chi connectivity index (χ0n) is 12.5. The minimum absolute atomic E-state index is 0. The molecule has 1 rings (SSSR count). The van der Waals surface area contributed by atoms with Crippen LogP contribution in [0.25, 0.3) is 0 Å². The lowest BCUT2D eigenvalue weighted by atomic mass is 9.93. The van der Waals surface area contributed by atoms with E-state index in [1.54, 1.807) is 0 Å². The molecule has 0 aromatic carbocycles. The first-order valence-corrected chi connectivity index (χ1v) is 6.78. The molecule has 1 aliphatic rings. The van der Waals surface area contributed by atoms with Crippen LogP contribution in [0.4, 0.5) is 0 Å². The molecule has 0 aromatic heterocycles. The average Bonchev–Trinajstić information content (AvgIpc) is 2.65. The van der Waals surface area contributed by atoms with Crippen molar-refractivity contribution >= 4 is 35.8 Å². The highest BCUT2D eigenvalue weighted by molar-refractivity contribution is 14.0. The van der Waals surface area contributed by atoms with E-state index in [4.69, 9.17) is 0 Å². The number of carbonyl (C=O) groups is 1. The maximum atomic E-state index is 11.4. The number of likely N-dealkylation sites (N-methyl/N-ethyl adjacent to an activating group) is 1. The van der Waals surface area contributed by atoms with E-state index >= 15 is 0 Å². The number of hydrogen-bond donors (Lipinski definition) is 2. The standard InChI is InChI=1S/C13H26N4O.HI/c1-5-14-11(18)9-16-12(15-6-2)17-8-7-13(3,4)10-17;/h5-10H2,1-4H3,(H,14,18)(H,15,16);1H. The van der Waals surface area contributed by atoms with Gasteiger partial charge < -0.3 is 15.5 Å². The van der Waals surface area contributed by atoms with Crippen LogP contribution < -0.4 is 10.6 Å². The molecule has 1 fully saturated rings. The maximum Gasteiger partial charge on any atom is 0.241 e. The summed E-state index contributed by atoms with van der Waals surface area (Å²) in [6, 6.07) is 0. The fourth-order valence-corrected chi connectivity index (χ4v) is 2.12. The Bertz CT molecular complexity index is 318. The molecule has 0 aliphatic carbocycles. The van der Waals surface area contributed by atoms with Gasteiger partial charge in [0.1, 0.15) is 6.54 Å². The Hall–Kier alpha value is -0.530. The Morgan fingerprint density at radius 3 is 2.37 bits per heavy atom. The Balaban J connectivity index is 0.00000324. The summed E-state index contributed by atoms with van der Waals surface area (Å²) in [5.74, 6) is 0.834. The molecule has 19 heavy (non-hydrogen) atoms. The van der Waals surface area contributed by atoms with Crippen molar-refractivity contribution in [1.82, 2.24) is 15.5 Å². The number of aliphatic imine (C=N–C) groups is 1. The predicted molar refractivity (Wildman–Crippen MR) is 90.0 cm³/mol. The molecule has 6 heteroatoms. The van der Waals surface area contributed by atoms with Crippen molar-refractivity contribution in [3.8, 4) is 0 Å². The molecule has 0 bridgehead atoms. The molecule has 0 radical (unpaired) electrons. The number of rotatable bonds is 4. The Labute approximate surface area is 133 Å². The summed E-state index contributed by atoms with van der Waals surface area (Å²) in [4.78, 5) is 18.1. The van der Waals surface area contributed by atoms with Crippen molar-refractivity contribution < 1.29 is 4.79 Å². The Morgan fingerprint density at radius 1 is 1.26 bits per heavy atom. The van der Waals surface area contributed by atoms with Gasteiger partial charge in [-0.25, -0.2) is 4.99 Å². The van der Waals surface area contributed by atoms with Gasteiger partial charge in [-0.1, -0.05) is 13.8 Å². The van der Waals surface area contributed by atoms with Crippen LogP contribution in [0, 0.1) is 5.41 Å². The predicted octanol–water partition coefficient (Wildman–Crippen LogP) is 1.44. The molecule has 1 saturated heterocycles. The second-order valence-corrected chi connectivity index (χ2v) is 5.46. The topological polar surface area (TPSA) is 56.7 Å². The third-order valence-electron chi connectivity index (χ3n) is 3.06. The first-order valence-electron chi connectivity index (χ1n) is 6.78. The van der Waals surface area contributed by atoms with Gasteiger partial charge in [0, 0.05) is 26.2 Å². The lowest BCUT2D eigenvalue weighted by molar-refractivity contribution is -0.119. The Morgan fingerprint density at radius 2 is 1.89 bits per heavy atom. The van der Waals surface area contributed by atoms with E-state index in [0.717, 1.165) is 25.6 Å². The maximum absolute atomic E-state index is 11.4. The van der Waals surface area contributed by atoms with E-state index in [1.165, 1.54) is 6.42 Å². The highest BCUT2D eigenvalue weighted by Gasteiger charge is 2.30. The number of guanidine groups is 1. The molecule has 2 N–H and O–H groups in total. The fourth-order valence-electron chi connectivity index (χ4n) is 2.12. The van der Waals surface area contributed by atoms with Crippen molar-refractivity contribution in [2.75, 3.05) is 32.7 Å². The van der Waals surface area contributed by atoms with Crippen LogP contribution in [0.15, 0.2) is 4.99 Å². The zero-order valence-corrected chi connectivity index (χ0v) is 14.8. The number of hydrogen-bond acceptors (Lipinski definition) is 2. The molecule has 0 atom stereocenters. The lowest BCUT2D eigenvalue weighted by Crippen LogP contribution is -2.41. The molecule has 1 heterocycles. The largest absolute Gasteiger partial charge is 0.357 e. The van der Waals surface area contributed by atoms with Crippen LogP contribution in [-0.2, 0) is 4.79 Å². The highest BCUT2D eigenvalue weighted by atomic mass is 127. The molecule has 5 nitrogen and oxygen atoms in total. The van der Waals surface area contributed by atoms with Crippen LogP contribution in [0.1, 0.15) is 34.1 Å². The van der Waals surface area contributed by atoms with Gasteiger partial charge in [-0.05, 0) is 25.7 Å². The number of likely N-dealkylation sites (tertiary alicyclic amines) is 1. The summed E-state index contributed by atoms with van der Waals surface area (Å²) < 4.78 is 0. The van der Waals surface area contributed by atoms with Gasteiger partial charge in [-0.2, -0.15) is 0 Å². The summed E-state index contributed by atoms with van der Waals surface area (Å²) >= 11 is 0. The third-order valence-corrected chi connectivity index (χ3v) is 3.06. The monoisotopic (exact) mass is 382 g/mol. The van der Waals surface area contributed by atoms with Crippen LogP contribution >= 0.6 is 24.0 Å². The van der Waals surface area contributed by atoms with Crippen molar-refractivity contribution in [2.24, 2.45) is 10.4 Å². The smallest absolute Gasteiger partial charge is 0.241 e. The molecular weight excluding hydrogens is 355 g/mol. The molecule has 0 unspecified atom stereocenters. The lowest BCUT2D eigenvalue weighted by Gasteiger charge is -2.23. The van der Waals surface area contributed by atoms with E-state index in [9.17, 15) is 4.79 Å². The third kappa shape index (κ3) is 6.44. The van der Waals surface area contributed by atoms with Crippen molar-refractivity contribution in [3.63, 3.8) is 0 Å². The van der Waals surface area contributed by atoms with Crippen LogP contribution in [0.5, 0.6) is 0 Å². The minimum Gasteiger partial charge on any atom is -0.357 e. The minimum atomic E-state index is -0.0219. The SMILES string of the molecule is CCNC(=O)CN=C(NCC)N1CCC(C)(C)C1.I. The van der Waals surface area contributed by atoms with Gasteiger partial charge in [0.2, 0.25) is 5.91 Å². The summed E-state index contributed by atoms with van der Waals surface area (Å²) in [5.41, 5.74) is 0.335. The molecule has 112 valence electrons. The zero-order chi connectivity index (χ0) is 13.6. The normalized spacial score (nSPS) is 17.9. The van der Waals surface area contributed by atoms with E-state index < -0.39 is 0 Å². The first kappa shape index (κ1) is 18.5. The van der Waals surface area contributed by atoms with Gasteiger partial charge in [0.25, 0.3) is 0 Å². The molecule has 0 spiro atoms.